The third kappa shape index (κ3) is 2.62. The molecule has 28 heavy (non-hydrogen) atoms. The number of rotatable bonds is 5. The van der Waals surface area contributed by atoms with Gasteiger partial charge >= 0.3 is 0 Å². The summed E-state index contributed by atoms with van der Waals surface area (Å²) < 4.78 is 17.0. The summed E-state index contributed by atoms with van der Waals surface area (Å²) in [5.74, 6) is -0.706. The van der Waals surface area contributed by atoms with Crippen molar-refractivity contribution >= 4 is 11.6 Å². The van der Waals surface area contributed by atoms with Gasteiger partial charge in [0.25, 0.3) is 5.88 Å². The molecule has 1 aromatic heterocycles. The molecule has 0 fully saturated rings. The van der Waals surface area contributed by atoms with E-state index in [0.29, 0.717) is 12.2 Å². The Morgan fingerprint density at radius 3 is 2.68 bits per heavy atom. The second kappa shape index (κ2) is 7.00. The standard InChI is InChI=1S/C21H22N2O5/c1-23(2)17-14-10-7-11-15(24)21(14,26-3)19(25)16-18(17)28-22-20(16)27-12-13-8-5-4-6-9-13/h4-9,11,14,17H,10,12H2,1-3H3. The predicted octanol–water partition coefficient (Wildman–Crippen LogP) is 2.58. The van der Waals surface area contributed by atoms with Crippen molar-refractivity contribution in [3.05, 3.63) is 59.4 Å². The summed E-state index contributed by atoms with van der Waals surface area (Å²) in [6, 6.07) is 9.21. The van der Waals surface area contributed by atoms with E-state index in [1.165, 1.54) is 13.2 Å². The van der Waals surface area contributed by atoms with Gasteiger partial charge in [0, 0.05) is 13.0 Å². The molecule has 0 aliphatic heterocycles. The summed E-state index contributed by atoms with van der Waals surface area (Å²) in [5, 5.41) is 4.01. The minimum absolute atomic E-state index is 0.0907. The van der Waals surface area contributed by atoms with E-state index in [1.54, 1.807) is 6.08 Å². The molecule has 0 saturated carbocycles. The number of ketones is 2. The van der Waals surface area contributed by atoms with Crippen LogP contribution in [-0.2, 0) is 16.1 Å². The van der Waals surface area contributed by atoms with Gasteiger partial charge in [0.15, 0.2) is 17.1 Å². The number of aromatic nitrogens is 1. The SMILES string of the molecule is COC12C(=O)C=CCC1C(N(C)C)c1onc(OCc3ccccc3)c1C2=O. The number of nitrogens with zero attached hydrogens (tertiary/aromatic N) is 2. The first kappa shape index (κ1) is 18.6. The maximum absolute atomic E-state index is 13.5. The number of carbonyl (C=O) groups is 2. The highest BCUT2D eigenvalue weighted by Gasteiger charge is 2.62. The molecule has 0 radical (unpaired) electrons. The second-order valence-electron chi connectivity index (χ2n) is 7.29. The van der Waals surface area contributed by atoms with E-state index in [-0.39, 0.29) is 29.9 Å². The molecule has 1 aromatic carbocycles. The van der Waals surface area contributed by atoms with Crippen LogP contribution in [0.2, 0.25) is 0 Å². The third-order valence-corrected chi connectivity index (χ3v) is 5.55. The molecule has 0 bridgehead atoms. The molecule has 4 rings (SSSR count). The average Bonchev–Trinajstić information content (AvgIpc) is 3.11. The minimum atomic E-state index is -1.59. The molecule has 7 nitrogen and oxygen atoms in total. The summed E-state index contributed by atoms with van der Waals surface area (Å²) in [6.07, 6.45) is 3.73. The molecule has 146 valence electrons. The summed E-state index contributed by atoms with van der Waals surface area (Å²) in [7, 11) is 5.15. The van der Waals surface area contributed by atoms with Crippen LogP contribution in [0.4, 0.5) is 0 Å². The van der Waals surface area contributed by atoms with Crippen molar-refractivity contribution in [1.82, 2.24) is 10.1 Å². The molecule has 2 aliphatic carbocycles. The van der Waals surface area contributed by atoms with Gasteiger partial charge in [-0.25, -0.2) is 0 Å². The molecule has 2 aliphatic rings. The van der Waals surface area contributed by atoms with Gasteiger partial charge in [0.1, 0.15) is 12.2 Å². The van der Waals surface area contributed by atoms with E-state index in [2.05, 4.69) is 5.16 Å². The first-order chi connectivity index (χ1) is 13.5. The Hall–Kier alpha value is -2.77. The number of Topliss-reactive ketones (excluding diaryl/α,β-unsaturated/α-hetero) is 1. The van der Waals surface area contributed by atoms with Gasteiger partial charge in [0.2, 0.25) is 5.78 Å². The van der Waals surface area contributed by atoms with Crippen LogP contribution in [0, 0.1) is 5.92 Å². The topological polar surface area (TPSA) is 81.9 Å². The van der Waals surface area contributed by atoms with Crippen LogP contribution in [0.15, 0.2) is 47.0 Å². The van der Waals surface area contributed by atoms with E-state index in [4.69, 9.17) is 14.0 Å². The second-order valence-corrected chi connectivity index (χ2v) is 7.29. The van der Waals surface area contributed by atoms with Crippen LogP contribution in [0.3, 0.4) is 0 Å². The lowest BCUT2D eigenvalue weighted by Gasteiger charge is -2.46. The van der Waals surface area contributed by atoms with E-state index in [1.807, 2.05) is 49.3 Å². The molecule has 0 saturated heterocycles. The van der Waals surface area contributed by atoms with Crippen LogP contribution in [-0.4, -0.2) is 48.4 Å². The normalized spacial score (nSPS) is 26.3. The molecule has 0 spiro atoms. The summed E-state index contributed by atoms with van der Waals surface area (Å²) in [6.45, 7) is 0.233. The molecular weight excluding hydrogens is 360 g/mol. The Bertz CT molecular complexity index is 934. The maximum Gasteiger partial charge on any atom is 0.265 e. The number of carbonyl (C=O) groups excluding carboxylic acids is 2. The maximum atomic E-state index is 13.5. The smallest absolute Gasteiger partial charge is 0.265 e. The molecule has 3 unspecified atom stereocenters. The Morgan fingerprint density at radius 1 is 1.25 bits per heavy atom. The monoisotopic (exact) mass is 382 g/mol. The number of benzene rings is 1. The zero-order valence-corrected chi connectivity index (χ0v) is 16.0. The quantitative estimate of drug-likeness (QED) is 0.735. The van der Waals surface area contributed by atoms with Gasteiger partial charge in [-0.2, -0.15) is 0 Å². The number of hydrogen-bond acceptors (Lipinski definition) is 7. The van der Waals surface area contributed by atoms with Crippen LogP contribution < -0.4 is 4.74 Å². The summed E-state index contributed by atoms with van der Waals surface area (Å²) >= 11 is 0. The van der Waals surface area contributed by atoms with Crippen molar-refractivity contribution in [1.29, 1.82) is 0 Å². The van der Waals surface area contributed by atoms with Crippen molar-refractivity contribution in [2.75, 3.05) is 21.2 Å². The number of ether oxygens (including phenoxy) is 2. The molecular formula is C21H22N2O5. The van der Waals surface area contributed by atoms with Crippen molar-refractivity contribution in [3.8, 4) is 5.88 Å². The Kier molecular flexibility index (Phi) is 4.64. The van der Waals surface area contributed by atoms with Crippen molar-refractivity contribution in [2.24, 2.45) is 5.92 Å². The lowest BCUT2D eigenvalue weighted by atomic mass is 9.65. The van der Waals surface area contributed by atoms with Gasteiger partial charge in [-0.3, -0.25) is 14.5 Å². The van der Waals surface area contributed by atoms with E-state index >= 15 is 0 Å². The first-order valence-electron chi connectivity index (χ1n) is 9.14. The average molecular weight is 382 g/mol. The van der Waals surface area contributed by atoms with Gasteiger partial charge < -0.3 is 14.0 Å². The fourth-order valence-corrected chi connectivity index (χ4v) is 4.26. The van der Waals surface area contributed by atoms with Crippen LogP contribution in [0.5, 0.6) is 5.88 Å². The van der Waals surface area contributed by atoms with Gasteiger partial charge in [-0.05, 0) is 37.3 Å². The minimum Gasteiger partial charge on any atom is -0.470 e. The fraction of sp³-hybridized carbons (Fsp3) is 0.381. The number of allylic oxidation sites excluding steroid dienone is 1. The number of hydrogen-bond donors (Lipinski definition) is 0. The zero-order chi connectivity index (χ0) is 19.9. The van der Waals surface area contributed by atoms with Crippen molar-refractivity contribution in [3.63, 3.8) is 0 Å². The van der Waals surface area contributed by atoms with Crippen molar-refractivity contribution in [2.45, 2.75) is 24.7 Å². The molecule has 1 heterocycles. The fourth-order valence-electron chi connectivity index (χ4n) is 4.26. The van der Waals surface area contributed by atoms with Gasteiger partial charge in [0.05, 0.1) is 6.04 Å². The Labute approximate surface area is 162 Å². The number of fused-ring (bicyclic) bond motifs is 2. The lowest BCUT2D eigenvalue weighted by Crippen LogP contribution is -2.60. The zero-order valence-electron chi connectivity index (χ0n) is 16.0. The van der Waals surface area contributed by atoms with E-state index in [0.717, 1.165) is 5.56 Å². The van der Waals surface area contributed by atoms with Crippen LogP contribution >= 0.6 is 0 Å². The largest absolute Gasteiger partial charge is 0.470 e. The molecule has 3 atom stereocenters. The van der Waals surface area contributed by atoms with Crippen molar-refractivity contribution < 1.29 is 23.6 Å². The van der Waals surface area contributed by atoms with Crippen LogP contribution in [0.1, 0.15) is 34.1 Å². The summed E-state index contributed by atoms with van der Waals surface area (Å²) in [5.41, 5.74) is -0.466. The molecule has 7 heteroatoms. The van der Waals surface area contributed by atoms with E-state index < -0.39 is 17.3 Å². The number of methoxy groups -OCH3 is 1. The first-order valence-corrected chi connectivity index (χ1v) is 9.14. The van der Waals surface area contributed by atoms with Gasteiger partial charge in [-0.15, -0.1) is 0 Å². The van der Waals surface area contributed by atoms with Crippen LogP contribution in [0.25, 0.3) is 0 Å². The molecule has 0 N–H and O–H groups in total. The predicted molar refractivity (Wildman–Crippen MR) is 100 cm³/mol. The summed E-state index contributed by atoms with van der Waals surface area (Å²) in [4.78, 5) is 28.3. The van der Waals surface area contributed by atoms with E-state index in [9.17, 15) is 9.59 Å². The molecule has 2 aromatic rings. The lowest BCUT2D eigenvalue weighted by molar-refractivity contribution is -0.141. The Balaban J connectivity index is 1.78. The van der Waals surface area contributed by atoms with Gasteiger partial charge in [-0.1, -0.05) is 36.4 Å². The molecule has 0 amide bonds. The Morgan fingerprint density at radius 2 is 2.00 bits per heavy atom. The highest BCUT2D eigenvalue weighted by Crippen LogP contribution is 2.50. The highest BCUT2D eigenvalue weighted by molar-refractivity contribution is 6.23. The highest BCUT2D eigenvalue weighted by atomic mass is 16.5. The third-order valence-electron chi connectivity index (χ3n) is 5.55.